The van der Waals surface area contributed by atoms with E-state index in [1.807, 2.05) is 34.6 Å². The van der Waals surface area contributed by atoms with Crippen molar-refractivity contribution in [3.8, 4) is 5.75 Å². The molecule has 1 aromatic heterocycles. The zero-order valence-electron chi connectivity index (χ0n) is 13.9. The Hall–Kier alpha value is -2.11. The summed E-state index contributed by atoms with van der Waals surface area (Å²) in [6.07, 6.45) is 4.30. The highest BCUT2D eigenvalue weighted by molar-refractivity contribution is 7.11. The largest absolute Gasteiger partial charge is 0.497 e. The molecule has 0 fully saturated rings. The van der Waals surface area contributed by atoms with Gasteiger partial charge in [0.25, 0.3) is 0 Å². The minimum atomic E-state index is 0.00918. The van der Waals surface area contributed by atoms with Crippen LogP contribution in [0, 0.1) is 0 Å². The number of benzene rings is 1. The molecule has 0 saturated carbocycles. The van der Waals surface area contributed by atoms with Gasteiger partial charge in [0.1, 0.15) is 5.75 Å². The number of fused-ring (bicyclic) bond motifs is 1. The SMILES string of the molecule is COc1ccc2c(c1)C(C)N(C(=O)/C=C/c1cc(CO)cs1)CC2. The lowest BCUT2D eigenvalue weighted by molar-refractivity contribution is -0.128. The molecule has 126 valence electrons. The number of rotatable bonds is 4. The molecule has 24 heavy (non-hydrogen) atoms. The van der Waals surface area contributed by atoms with Crippen molar-refractivity contribution >= 4 is 23.3 Å². The number of aliphatic hydroxyl groups excluding tert-OH is 1. The van der Waals surface area contributed by atoms with Crippen LogP contribution < -0.4 is 4.74 Å². The van der Waals surface area contributed by atoms with Gasteiger partial charge in [-0.05, 0) is 59.7 Å². The zero-order valence-corrected chi connectivity index (χ0v) is 14.7. The molecule has 0 bridgehead atoms. The Morgan fingerprint density at radius 3 is 3.00 bits per heavy atom. The standard InChI is InChI=1S/C19H21NO3S/c1-13-18-10-16(23-2)4-3-15(18)7-8-20(13)19(22)6-5-17-9-14(11-21)12-24-17/h3-6,9-10,12-13,21H,7-8,11H2,1-2H3/b6-5+. The molecular weight excluding hydrogens is 322 g/mol. The Labute approximate surface area is 146 Å². The molecule has 0 radical (unpaired) electrons. The van der Waals surface area contributed by atoms with Crippen molar-refractivity contribution in [3.63, 3.8) is 0 Å². The lowest BCUT2D eigenvalue weighted by Gasteiger charge is -2.34. The predicted octanol–water partition coefficient (Wildman–Crippen LogP) is 3.41. The van der Waals surface area contributed by atoms with Crippen molar-refractivity contribution in [2.45, 2.75) is 26.0 Å². The molecule has 0 aliphatic carbocycles. The second-order valence-corrected chi connectivity index (χ2v) is 6.81. The van der Waals surface area contributed by atoms with E-state index in [4.69, 9.17) is 9.84 Å². The van der Waals surface area contributed by atoms with Crippen molar-refractivity contribution in [1.29, 1.82) is 0 Å². The van der Waals surface area contributed by atoms with Gasteiger partial charge in [-0.3, -0.25) is 4.79 Å². The van der Waals surface area contributed by atoms with E-state index >= 15 is 0 Å². The molecular formula is C19H21NO3S. The van der Waals surface area contributed by atoms with E-state index in [0.29, 0.717) is 0 Å². The van der Waals surface area contributed by atoms with E-state index in [9.17, 15) is 4.79 Å². The fraction of sp³-hybridized carbons (Fsp3) is 0.316. The molecule has 1 atom stereocenters. The molecule has 1 amide bonds. The van der Waals surface area contributed by atoms with Crippen LogP contribution in [0.1, 0.15) is 34.5 Å². The Morgan fingerprint density at radius 2 is 2.29 bits per heavy atom. The molecule has 2 heterocycles. The van der Waals surface area contributed by atoms with E-state index in [2.05, 4.69) is 13.0 Å². The van der Waals surface area contributed by atoms with Gasteiger partial charge in [-0.25, -0.2) is 0 Å². The third-order valence-corrected chi connectivity index (χ3v) is 5.37. The van der Waals surface area contributed by atoms with Gasteiger partial charge in [-0.15, -0.1) is 11.3 Å². The Kier molecular flexibility index (Phi) is 5.02. The molecule has 2 aromatic rings. The number of amides is 1. The summed E-state index contributed by atoms with van der Waals surface area (Å²) in [6, 6.07) is 8.00. The van der Waals surface area contributed by atoms with Gasteiger partial charge >= 0.3 is 0 Å². The quantitative estimate of drug-likeness (QED) is 0.866. The van der Waals surface area contributed by atoms with Crippen LogP contribution in [-0.4, -0.2) is 29.6 Å². The molecule has 0 saturated heterocycles. The number of hydrogen-bond acceptors (Lipinski definition) is 4. The van der Waals surface area contributed by atoms with E-state index in [-0.39, 0.29) is 18.6 Å². The van der Waals surface area contributed by atoms with Crippen LogP contribution in [-0.2, 0) is 17.8 Å². The van der Waals surface area contributed by atoms with Gasteiger partial charge in [0.2, 0.25) is 5.91 Å². The molecule has 1 aliphatic heterocycles. The summed E-state index contributed by atoms with van der Waals surface area (Å²) in [6.45, 7) is 2.80. The monoisotopic (exact) mass is 343 g/mol. The van der Waals surface area contributed by atoms with Crippen molar-refractivity contribution in [3.05, 3.63) is 57.3 Å². The molecule has 1 aromatic carbocycles. The van der Waals surface area contributed by atoms with E-state index < -0.39 is 0 Å². The van der Waals surface area contributed by atoms with Gasteiger partial charge in [-0.2, -0.15) is 0 Å². The summed E-state index contributed by atoms with van der Waals surface area (Å²) in [5.41, 5.74) is 3.31. The topological polar surface area (TPSA) is 49.8 Å². The normalized spacial score (nSPS) is 17.1. The fourth-order valence-corrected chi connectivity index (χ4v) is 3.83. The summed E-state index contributed by atoms with van der Waals surface area (Å²) in [4.78, 5) is 15.4. The molecule has 1 N–H and O–H groups in total. The maximum atomic E-state index is 12.6. The Bertz CT molecular complexity index is 766. The van der Waals surface area contributed by atoms with Gasteiger partial charge in [0, 0.05) is 17.5 Å². The number of thiophene rings is 1. The zero-order chi connectivity index (χ0) is 17.1. The van der Waals surface area contributed by atoms with Crippen LogP contribution in [0.3, 0.4) is 0 Å². The number of aliphatic hydroxyl groups is 1. The maximum Gasteiger partial charge on any atom is 0.247 e. The number of nitrogens with zero attached hydrogens (tertiary/aromatic N) is 1. The number of hydrogen-bond donors (Lipinski definition) is 1. The average Bonchev–Trinajstić information content (AvgIpc) is 3.08. The third kappa shape index (κ3) is 3.37. The molecule has 3 rings (SSSR count). The Balaban J connectivity index is 1.75. The lowest BCUT2D eigenvalue weighted by atomic mass is 9.93. The van der Waals surface area contributed by atoms with Crippen molar-refractivity contribution in [1.82, 2.24) is 4.90 Å². The molecule has 5 heteroatoms. The van der Waals surface area contributed by atoms with E-state index in [0.717, 1.165) is 34.7 Å². The summed E-state index contributed by atoms with van der Waals surface area (Å²) in [7, 11) is 1.66. The smallest absolute Gasteiger partial charge is 0.247 e. The van der Waals surface area contributed by atoms with Crippen molar-refractivity contribution in [2.75, 3.05) is 13.7 Å². The second kappa shape index (κ2) is 7.20. The Morgan fingerprint density at radius 1 is 1.46 bits per heavy atom. The number of ether oxygens (including phenoxy) is 1. The summed E-state index contributed by atoms with van der Waals surface area (Å²) < 4.78 is 5.31. The predicted molar refractivity (Wildman–Crippen MR) is 96.1 cm³/mol. The maximum absolute atomic E-state index is 12.6. The van der Waals surface area contributed by atoms with E-state index in [1.54, 1.807) is 13.2 Å². The molecule has 0 spiro atoms. The molecule has 1 aliphatic rings. The summed E-state index contributed by atoms with van der Waals surface area (Å²) in [5, 5.41) is 11.0. The van der Waals surface area contributed by atoms with Gasteiger partial charge in [0.05, 0.1) is 19.8 Å². The van der Waals surface area contributed by atoms with Gasteiger partial charge < -0.3 is 14.7 Å². The van der Waals surface area contributed by atoms with Crippen molar-refractivity contribution < 1.29 is 14.6 Å². The van der Waals surface area contributed by atoms with Crippen LogP contribution in [0.25, 0.3) is 6.08 Å². The highest BCUT2D eigenvalue weighted by Crippen LogP contribution is 2.32. The van der Waals surface area contributed by atoms with E-state index in [1.165, 1.54) is 16.9 Å². The van der Waals surface area contributed by atoms with Crippen molar-refractivity contribution in [2.24, 2.45) is 0 Å². The van der Waals surface area contributed by atoms with Crippen LogP contribution >= 0.6 is 11.3 Å². The second-order valence-electron chi connectivity index (χ2n) is 5.87. The van der Waals surface area contributed by atoms with Gasteiger partial charge in [-0.1, -0.05) is 6.07 Å². The van der Waals surface area contributed by atoms with Crippen LogP contribution in [0.4, 0.5) is 0 Å². The number of methoxy groups -OCH3 is 1. The van der Waals surface area contributed by atoms with Crippen LogP contribution in [0.15, 0.2) is 35.7 Å². The molecule has 1 unspecified atom stereocenters. The van der Waals surface area contributed by atoms with Gasteiger partial charge in [0.15, 0.2) is 0 Å². The minimum absolute atomic E-state index is 0.00918. The van der Waals surface area contributed by atoms with Crippen LogP contribution in [0.2, 0.25) is 0 Å². The van der Waals surface area contributed by atoms with Crippen LogP contribution in [0.5, 0.6) is 5.75 Å². The average molecular weight is 343 g/mol. The first-order valence-electron chi connectivity index (χ1n) is 7.96. The highest BCUT2D eigenvalue weighted by Gasteiger charge is 2.26. The first kappa shape index (κ1) is 16.7. The summed E-state index contributed by atoms with van der Waals surface area (Å²) >= 11 is 1.52. The minimum Gasteiger partial charge on any atom is -0.497 e. The first-order valence-corrected chi connectivity index (χ1v) is 8.84. The number of carbonyl (C=O) groups excluding carboxylic acids is 1. The third-order valence-electron chi connectivity index (χ3n) is 4.42. The summed E-state index contributed by atoms with van der Waals surface area (Å²) in [5.74, 6) is 0.829. The fourth-order valence-electron chi connectivity index (χ4n) is 3.03. The highest BCUT2D eigenvalue weighted by atomic mass is 32.1. The first-order chi connectivity index (χ1) is 11.6. The molecule has 4 nitrogen and oxygen atoms in total. The lowest BCUT2D eigenvalue weighted by Crippen LogP contribution is -2.37. The number of carbonyl (C=O) groups is 1.